The molecule has 2 aromatic carbocycles. The maximum atomic E-state index is 13.9. The summed E-state index contributed by atoms with van der Waals surface area (Å²) in [5, 5.41) is 0.514. The number of aryl methyl sites for hydroxylation is 2. The van der Waals surface area contributed by atoms with Crippen LogP contribution in [0.25, 0.3) is 11.0 Å². The second kappa shape index (κ2) is 10.8. The van der Waals surface area contributed by atoms with Gasteiger partial charge in [-0.05, 0) is 74.4 Å². The number of hydrogen-bond donors (Lipinski definition) is 0. The van der Waals surface area contributed by atoms with Crippen LogP contribution < -0.4 is 14.9 Å². The van der Waals surface area contributed by atoms with Gasteiger partial charge in [0.05, 0.1) is 30.2 Å². The largest absolute Gasteiger partial charge is 0.490 e. The molecule has 1 aromatic heterocycles. The Balaban J connectivity index is 1.86. The highest BCUT2D eigenvalue weighted by Crippen LogP contribution is 2.41. The van der Waals surface area contributed by atoms with Crippen LogP contribution in [0.2, 0.25) is 0 Å². The van der Waals surface area contributed by atoms with Crippen molar-refractivity contribution in [2.24, 2.45) is 5.92 Å². The van der Waals surface area contributed by atoms with Crippen LogP contribution in [0.4, 0.5) is 0 Å². The van der Waals surface area contributed by atoms with Crippen LogP contribution in [0, 0.1) is 19.8 Å². The molecule has 1 atom stereocenters. The van der Waals surface area contributed by atoms with Gasteiger partial charge in [-0.25, -0.2) is 0 Å². The van der Waals surface area contributed by atoms with Gasteiger partial charge in [0.25, 0.3) is 5.91 Å². The number of nitrogens with zero attached hydrogens (tertiary/aromatic N) is 1. The third kappa shape index (κ3) is 4.86. The van der Waals surface area contributed by atoms with E-state index < -0.39 is 6.04 Å². The molecule has 1 amide bonds. The minimum atomic E-state index is -0.538. The minimum Gasteiger partial charge on any atom is -0.490 e. The van der Waals surface area contributed by atoms with E-state index in [0.717, 1.165) is 36.0 Å². The van der Waals surface area contributed by atoms with Gasteiger partial charge in [-0.3, -0.25) is 9.59 Å². The summed E-state index contributed by atoms with van der Waals surface area (Å²) < 4.78 is 18.1. The molecule has 0 aliphatic carbocycles. The normalized spacial score (nSPS) is 15.1. The lowest BCUT2D eigenvalue weighted by Crippen LogP contribution is -2.30. The molecule has 1 unspecified atom stereocenters. The zero-order valence-corrected chi connectivity index (χ0v) is 22.3. The molecule has 1 aliphatic rings. The molecule has 0 saturated heterocycles. The summed E-state index contributed by atoms with van der Waals surface area (Å²) in [5.74, 6) is 1.73. The predicted octanol–water partition coefficient (Wildman–Crippen LogP) is 6.58. The minimum absolute atomic E-state index is 0.148. The standard InChI is InChI=1S/C30H37NO5/c1-7-9-13-31-26(21-10-11-23(24(17-21)34-8-2)35-14-12-18(3)4)25-27(32)22-16-19(5)15-20(6)28(22)36-29(25)30(31)33/h10-11,15-18,26H,7-9,12-14H2,1-6H3. The van der Waals surface area contributed by atoms with Crippen molar-refractivity contribution in [3.63, 3.8) is 0 Å². The van der Waals surface area contributed by atoms with Crippen molar-refractivity contribution in [1.29, 1.82) is 0 Å². The van der Waals surface area contributed by atoms with Crippen LogP contribution in [0.3, 0.4) is 0 Å². The number of carbonyl (C=O) groups excluding carboxylic acids is 1. The highest BCUT2D eigenvalue weighted by Gasteiger charge is 2.42. The molecule has 0 spiro atoms. The van der Waals surface area contributed by atoms with Gasteiger partial charge in [0.2, 0.25) is 5.76 Å². The van der Waals surface area contributed by atoms with Crippen LogP contribution in [-0.4, -0.2) is 30.6 Å². The van der Waals surface area contributed by atoms with E-state index in [4.69, 9.17) is 13.9 Å². The lowest BCUT2D eigenvalue weighted by Gasteiger charge is -2.26. The Labute approximate surface area is 213 Å². The van der Waals surface area contributed by atoms with E-state index in [0.29, 0.717) is 53.7 Å². The molecule has 6 heteroatoms. The third-order valence-corrected chi connectivity index (χ3v) is 6.69. The van der Waals surface area contributed by atoms with Crippen LogP contribution in [0.5, 0.6) is 11.5 Å². The van der Waals surface area contributed by atoms with Crippen molar-refractivity contribution in [3.8, 4) is 11.5 Å². The second-order valence-corrected chi connectivity index (χ2v) is 10.1. The van der Waals surface area contributed by atoms with Crippen LogP contribution in [0.1, 0.15) is 85.8 Å². The summed E-state index contributed by atoms with van der Waals surface area (Å²) in [6.07, 6.45) is 2.70. The number of benzene rings is 2. The van der Waals surface area contributed by atoms with E-state index in [9.17, 15) is 9.59 Å². The highest BCUT2D eigenvalue weighted by molar-refractivity contribution is 5.99. The van der Waals surface area contributed by atoms with E-state index in [2.05, 4.69) is 20.8 Å². The fraction of sp³-hybridized carbons (Fsp3) is 0.467. The Kier molecular flexibility index (Phi) is 7.72. The van der Waals surface area contributed by atoms with Crippen molar-refractivity contribution in [3.05, 3.63) is 68.6 Å². The van der Waals surface area contributed by atoms with E-state index in [-0.39, 0.29) is 17.1 Å². The first-order valence-corrected chi connectivity index (χ1v) is 13.0. The number of carbonyl (C=O) groups is 1. The highest BCUT2D eigenvalue weighted by atomic mass is 16.5. The Morgan fingerprint density at radius 1 is 1.03 bits per heavy atom. The summed E-state index contributed by atoms with van der Waals surface area (Å²) in [4.78, 5) is 29.2. The van der Waals surface area contributed by atoms with Crippen LogP contribution in [-0.2, 0) is 0 Å². The number of unbranched alkanes of at least 4 members (excludes halogenated alkanes) is 1. The SMILES string of the molecule is CCCCN1C(=O)c2oc3c(C)cc(C)cc3c(=O)c2C1c1ccc(OCCC(C)C)c(OCC)c1. The molecule has 36 heavy (non-hydrogen) atoms. The predicted molar refractivity (Wildman–Crippen MR) is 142 cm³/mol. The van der Waals surface area contributed by atoms with Crippen molar-refractivity contribution in [1.82, 2.24) is 4.90 Å². The molecule has 192 valence electrons. The average molecular weight is 492 g/mol. The van der Waals surface area contributed by atoms with Crippen LogP contribution >= 0.6 is 0 Å². The topological polar surface area (TPSA) is 69.0 Å². The number of hydrogen-bond acceptors (Lipinski definition) is 5. The fourth-order valence-corrected chi connectivity index (χ4v) is 4.87. The Bertz CT molecular complexity index is 1320. The van der Waals surface area contributed by atoms with Gasteiger partial charge in [-0.2, -0.15) is 0 Å². The summed E-state index contributed by atoms with van der Waals surface area (Å²) in [7, 11) is 0. The Morgan fingerprint density at radius 3 is 2.50 bits per heavy atom. The van der Waals surface area contributed by atoms with E-state index >= 15 is 0 Å². The van der Waals surface area contributed by atoms with E-state index in [1.54, 1.807) is 4.90 Å². The van der Waals surface area contributed by atoms with Crippen molar-refractivity contribution in [2.75, 3.05) is 19.8 Å². The van der Waals surface area contributed by atoms with Gasteiger partial charge in [-0.15, -0.1) is 0 Å². The summed E-state index contributed by atoms with van der Waals surface area (Å²) in [5.41, 5.74) is 3.39. The number of rotatable bonds is 10. The molecule has 3 aromatic rings. The third-order valence-electron chi connectivity index (χ3n) is 6.69. The maximum absolute atomic E-state index is 13.9. The van der Waals surface area contributed by atoms with Gasteiger partial charge < -0.3 is 18.8 Å². The summed E-state index contributed by atoms with van der Waals surface area (Å²) in [6, 6.07) is 9.01. The van der Waals surface area contributed by atoms with E-state index in [1.165, 1.54) is 0 Å². The molecule has 0 bridgehead atoms. The average Bonchev–Trinajstić information content (AvgIpc) is 3.11. The smallest absolute Gasteiger partial charge is 0.290 e. The second-order valence-electron chi connectivity index (χ2n) is 10.1. The number of amides is 1. The zero-order chi connectivity index (χ0) is 26.0. The van der Waals surface area contributed by atoms with Crippen molar-refractivity contribution < 1.29 is 18.7 Å². The first kappa shape index (κ1) is 25.8. The Morgan fingerprint density at radius 2 is 1.81 bits per heavy atom. The first-order valence-electron chi connectivity index (χ1n) is 13.0. The van der Waals surface area contributed by atoms with E-state index in [1.807, 2.05) is 51.1 Å². The molecule has 6 nitrogen and oxygen atoms in total. The van der Waals surface area contributed by atoms with Gasteiger partial charge in [0, 0.05) is 6.54 Å². The molecule has 4 rings (SSSR count). The van der Waals surface area contributed by atoms with Crippen molar-refractivity contribution in [2.45, 2.75) is 66.8 Å². The molecule has 0 saturated carbocycles. The summed E-state index contributed by atoms with van der Waals surface area (Å²) in [6.45, 7) is 13.8. The van der Waals surface area contributed by atoms with Gasteiger partial charge in [0.15, 0.2) is 16.9 Å². The summed E-state index contributed by atoms with van der Waals surface area (Å²) >= 11 is 0. The quantitative estimate of drug-likeness (QED) is 0.320. The Hall–Kier alpha value is -3.28. The first-order chi connectivity index (χ1) is 17.3. The zero-order valence-electron chi connectivity index (χ0n) is 22.3. The van der Waals surface area contributed by atoms with Crippen molar-refractivity contribution >= 4 is 16.9 Å². The lowest BCUT2D eigenvalue weighted by atomic mass is 9.97. The number of fused-ring (bicyclic) bond motifs is 2. The molecule has 2 heterocycles. The van der Waals surface area contributed by atoms with Gasteiger partial charge in [-0.1, -0.05) is 39.3 Å². The molecular formula is C30H37NO5. The molecule has 0 radical (unpaired) electrons. The molecule has 0 fully saturated rings. The van der Waals surface area contributed by atoms with Gasteiger partial charge in [0.1, 0.15) is 5.58 Å². The van der Waals surface area contributed by atoms with Crippen LogP contribution in [0.15, 0.2) is 39.5 Å². The molecule has 0 N–H and O–H groups in total. The molecular weight excluding hydrogens is 454 g/mol. The fourth-order valence-electron chi connectivity index (χ4n) is 4.87. The molecule has 1 aliphatic heterocycles. The monoisotopic (exact) mass is 491 g/mol. The lowest BCUT2D eigenvalue weighted by molar-refractivity contribution is 0.0725. The van der Waals surface area contributed by atoms with Gasteiger partial charge >= 0.3 is 0 Å². The number of ether oxygens (including phenoxy) is 2. The maximum Gasteiger partial charge on any atom is 0.290 e.